The van der Waals surface area contributed by atoms with Crippen LogP contribution in [0.4, 0.5) is 26.3 Å². The van der Waals surface area contributed by atoms with E-state index in [9.17, 15) is 31.6 Å². The molecule has 0 radical (unpaired) electrons. The number of hydrogen-bond donors (Lipinski definition) is 0. The van der Waals surface area contributed by atoms with Gasteiger partial charge in [0.15, 0.2) is 0 Å². The molecule has 0 aliphatic rings. The topological polar surface area (TPSA) is 41.6 Å². The monoisotopic (exact) mass is 633 g/mol. The van der Waals surface area contributed by atoms with Crippen LogP contribution in [0.1, 0.15) is 16.7 Å². The van der Waals surface area contributed by atoms with Crippen LogP contribution in [0.2, 0.25) is 0 Å². The van der Waals surface area contributed by atoms with E-state index in [-0.39, 0.29) is 17.2 Å². The van der Waals surface area contributed by atoms with E-state index >= 15 is 0 Å². The smallest absolute Gasteiger partial charge is 0.309 e. The van der Waals surface area contributed by atoms with Gasteiger partial charge >= 0.3 is 12.4 Å². The molecule has 2 aromatic heterocycles. The molecule has 0 unspecified atom stereocenters. The van der Waals surface area contributed by atoms with Gasteiger partial charge < -0.3 is 4.57 Å². The Kier molecular flexibility index (Phi) is 7.09. The SMILES string of the molecule is N#Cc1cc(-c2ccccc2)c(-n2c3ccccc3c3cc(-c4ccc(C(F)(F)F)cc4C(F)(F)F)ccc32)cc1-c1ccncc1. The summed E-state index contributed by atoms with van der Waals surface area (Å²) in [4.78, 5) is 4.10. The molecule has 0 atom stereocenters. The summed E-state index contributed by atoms with van der Waals surface area (Å²) in [5.41, 5.74) is 2.69. The summed E-state index contributed by atoms with van der Waals surface area (Å²) in [5.74, 6) is 0. The van der Waals surface area contributed by atoms with Gasteiger partial charge in [0.1, 0.15) is 0 Å². The molecular weight excluding hydrogens is 612 g/mol. The molecule has 7 rings (SSSR count). The van der Waals surface area contributed by atoms with Gasteiger partial charge in [-0.1, -0.05) is 60.7 Å². The highest BCUT2D eigenvalue weighted by Gasteiger charge is 2.38. The van der Waals surface area contributed by atoms with Gasteiger partial charge in [-0.2, -0.15) is 31.6 Å². The molecule has 0 saturated heterocycles. The number of rotatable bonds is 4. The fraction of sp³-hybridized carbons (Fsp3) is 0.0526. The Labute approximate surface area is 264 Å². The molecular formula is C38H21F6N3. The van der Waals surface area contributed by atoms with Gasteiger partial charge in [-0.25, -0.2) is 0 Å². The number of halogens is 6. The van der Waals surface area contributed by atoms with Crippen molar-refractivity contribution < 1.29 is 26.3 Å². The molecule has 0 amide bonds. The molecule has 0 saturated carbocycles. The van der Waals surface area contributed by atoms with Gasteiger partial charge in [0.05, 0.1) is 39.5 Å². The van der Waals surface area contributed by atoms with Crippen molar-refractivity contribution in [1.29, 1.82) is 5.26 Å². The van der Waals surface area contributed by atoms with Crippen molar-refractivity contribution in [2.75, 3.05) is 0 Å². The lowest BCUT2D eigenvalue weighted by molar-refractivity contribution is -0.142. The minimum atomic E-state index is -5.02. The van der Waals surface area contributed by atoms with Crippen LogP contribution in [-0.2, 0) is 12.4 Å². The molecule has 0 N–H and O–H groups in total. The quantitative estimate of drug-likeness (QED) is 0.181. The van der Waals surface area contributed by atoms with E-state index in [1.165, 1.54) is 6.07 Å². The Morgan fingerprint density at radius 3 is 1.94 bits per heavy atom. The fourth-order valence-corrected chi connectivity index (χ4v) is 6.09. The summed E-state index contributed by atoms with van der Waals surface area (Å²) < 4.78 is 84.6. The average Bonchev–Trinajstić information content (AvgIpc) is 3.41. The minimum Gasteiger partial charge on any atom is -0.309 e. The lowest BCUT2D eigenvalue weighted by Gasteiger charge is -2.18. The van der Waals surface area contributed by atoms with Crippen LogP contribution < -0.4 is 0 Å². The molecule has 0 aliphatic heterocycles. The van der Waals surface area contributed by atoms with E-state index in [0.717, 1.165) is 39.3 Å². The number of aromatic nitrogens is 2. The van der Waals surface area contributed by atoms with Gasteiger partial charge in [-0.15, -0.1) is 0 Å². The molecule has 5 aromatic carbocycles. The van der Waals surface area contributed by atoms with E-state index in [0.29, 0.717) is 28.1 Å². The predicted octanol–water partition coefficient (Wildman–Crippen LogP) is 11.1. The second-order valence-corrected chi connectivity index (χ2v) is 11.0. The van der Waals surface area contributed by atoms with E-state index in [4.69, 9.17) is 0 Å². The first kappa shape index (κ1) is 29.8. The molecule has 3 nitrogen and oxygen atoms in total. The molecule has 47 heavy (non-hydrogen) atoms. The molecule has 0 spiro atoms. The second kappa shape index (κ2) is 11.2. The minimum absolute atomic E-state index is 0.127. The number of fused-ring (bicyclic) bond motifs is 3. The first-order chi connectivity index (χ1) is 22.5. The van der Waals surface area contributed by atoms with Crippen LogP contribution in [0, 0.1) is 11.3 Å². The lowest BCUT2D eigenvalue weighted by Crippen LogP contribution is -2.12. The Morgan fingerprint density at radius 2 is 1.23 bits per heavy atom. The largest absolute Gasteiger partial charge is 0.417 e. The maximum absolute atomic E-state index is 14.1. The van der Waals surface area contributed by atoms with Gasteiger partial charge in [0.2, 0.25) is 0 Å². The number of nitriles is 1. The molecule has 9 heteroatoms. The second-order valence-electron chi connectivity index (χ2n) is 11.0. The predicted molar refractivity (Wildman–Crippen MR) is 170 cm³/mol. The van der Waals surface area contributed by atoms with Crippen molar-refractivity contribution in [1.82, 2.24) is 9.55 Å². The highest BCUT2D eigenvalue weighted by atomic mass is 19.4. The van der Waals surface area contributed by atoms with Crippen LogP contribution in [0.15, 0.2) is 128 Å². The standard InChI is InChI=1S/C38H21F6N3/c39-37(40,41)27-11-12-28(33(20-27)38(42,43)44)25-10-13-35-32(18-25)29-8-4-5-9-34(29)47(35)36-21-30(24-14-16-46-17-15-24)26(22-45)19-31(36)23-6-2-1-3-7-23/h1-21H. The number of nitrogens with zero attached hydrogens (tertiary/aromatic N) is 3. The van der Waals surface area contributed by atoms with Crippen molar-refractivity contribution in [3.8, 4) is 45.1 Å². The van der Waals surface area contributed by atoms with E-state index in [1.807, 2.05) is 83.4 Å². The summed E-state index contributed by atoms with van der Waals surface area (Å²) in [6, 6.07) is 33.1. The number of pyridine rings is 1. The Morgan fingerprint density at radius 1 is 0.553 bits per heavy atom. The molecule has 7 aromatic rings. The average molecular weight is 634 g/mol. The van der Waals surface area contributed by atoms with Crippen LogP contribution >= 0.6 is 0 Å². The summed E-state index contributed by atoms with van der Waals surface area (Å²) in [6.07, 6.45) is -6.67. The molecule has 2 heterocycles. The first-order valence-electron chi connectivity index (χ1n) is 14.4. The van der Waals surface area contributed by atoms with E-state index in [1.54, 1.807) is 24.5 Å². The van der Waals surface area contributed by atoms with E-state index in [2.05, 4.69) is 11.1 Å². The molecule has 230 valence electrons. The van der Waals surface area contributed by atoms with Crippen molar-refractivity contribution in [3.05, 3.63) is 144 Å². The lowest BCUT2D eigenvalue weighted by atomic mass is 9.93. The number of hydrogen-bond acceptors (Lipinski definition) is 2. The van der Waals surface area contributed by atoms with Crippen LogP contribution in [-0.4, -0.2) is 9.55 Å². The number of para-hydroxylation sites is 1. The first-order valence-corrected chi connectivity index (χ1v) is 14.4. The molecule has 0 bridgehead atoms. The van der Waals surface area contributed by atoms with Crippen molar-refractivity contribution in [2.45, 2.75) is 12.4 Å². The van der Waals surface area contributed by atoms with E-state index < -0.39 is 23.5 Å². The van der Waals surface area contributed by atoms with Crippen molar-refractivity contribution >= 4 is 21.8 Å². The van der Waals surface area contributed by atoms with Gasteiger partial charge in [-0.05, 0) is 76.9 Å². The molecule has 0 aliphatic carbocycles. The third kappa shape index (κ3) is 5.28. The van der Waals surface area contributed by atoms with Gasteiger partial charge in [0.25, 0.3) is 0 Å². The normalized spacial score (nSPS) is 12.0. The Balaban J connectivity index is 1.53. The van der Waals surface area contributed by atoms with Crippen molar-refractivity contribution in [2.24, 2.45) is 0 Å². The zero-order valence-electron chi connectivity index (χ0n) is 24.2. The zero-order chi connectivity index (χ0) is 32.9. The summed E-state index contributed by atoms with van der Waals surface area (Å²) in [5, 5.41) is 11.5. The van der Waals surface area contributed by atoms with Gasteiger partial charge in [0, 0.05) is 34.3 Å². The third-order valence-corrected chi connectivity index (χ3v) is 8.21. The van der Waals surface area contributed by atoms with Gasteiger partial charge in [-0.3, -0.25) is 4.98 Å². The number of alkyl halides is 6. The summed E-state index contributed by atoms with van der Waals surface area (Å²) in [7, 11) is 0. The molecule has 0 fully saturated rings. The maximum Gasteiger partial charge on any atom is 0.417 e. The number of benzene rings is 5. The Bertz CT molecular complexity index is 2330. The maximum atomic E-state index is 14.1. The summed E-state index contributed by atoms with van der Waals surface area (Å²) in [6.45, 7) is 0. The zero-order valence-corrected chi connectivity index (χ0v) is 24.2. The fourth-order valence-electron chi connectivity index (χ4n) is 6.09. The summed E-state index contributed by atoms with van der Waals surface area (Å²) >= 11 is 0. The van der Waals surface area contributed by atoms with Crippen LogP contribution in [0.5, 0.6) is 0 Å². The van der Waals surface area contributed by atoms with Crippen LogP contribution in [0.3, 0.4) is 0 Å². The van der Waals surface area contributed by atoms with Crippen molar-refractivity contribution in [3.63, 3.8) is 0 Å². The highest BCUT2D eigenvalue weighted by molar-refractivity contribution is 6.11. The third-order valence-electron chi connectivity index (χ3n) is 8.21. The van der Waals surface area contributed by atoms with Crippen LogP contribution in [0.25, 0.3) is 60.9 Å². The highest BCUT2D eigenvalue weighted by Crippen LogP contribution is 2.44. The Hall–Kier alpha value is -5.88.